The first-order chi connectivity index (χ1) is 33.9. The number of nitrogens with two attached hydrogens (primary N) is 3. The number of nitrogens with one attached hydrogen (secondary N) is 7. The van der Waals surface area contributed by atoms with Gasteiger partial charge in [0, 0.05) is 81.7 Å². The fourth-order valence-electron chi connectivity index (χ4n) is 9.79. The van der Waals surface area contributed by atoms with E-state index in [2.05, 4.69) is 46.9 Å². The van der Waals surface area contributed by atoms with Gasteiger partial charge in [0.2, 0.25) is 35.4 Å². The van der Waals surface area contributed by atoms with Gasteiger partial charge in [0.1, 0.15) is 36.3 Å². The number of carbonyl (C=O) groups excluding carboxylic acids is 6. The highest BCUT2D eigenvalue weighted by Crippen LogP contribution is 2.29. The zero-order valence-corrected chi connectivity index (χ0v) is 39.2. The van der Waals surface area contributed by atoms with E-state index in [-0.39, 0.29) is 70.5 Å². The molecule has 1 aromatic heterocycles. The smallest absolute Gasteiger partial charge is 0.246 e. The maximum Gasteiger partial charge on any atom is 0.246 e. The van der Waals surface area contributed by atoms with E-state index in [0.717, 1.165) is 46.1 Å². The molecule has 4 aromatic rings. The van der Waals surface area contributed by atoms with Crippen molar-refractivity contribution in [2.24, 2.45) is 27.2 Å². The van der Waals surface area contributed by atoms with Crippen LogP contribution in [0.15, 0.2) is 95.0 Å². The molecule has 0 spiro atoms. The van der Waals surface area contributed by atoms with Crippen molar-refractivity contribution in [3.8, 4) is 0 Å². The molecular formula is C50H64N14O6. The lowest BCUT2D eigenvalue weighted by Gasteiger charge is -2.40. The van der Waals surface area contributed by atoms with Crippen LogP contribution in [-0.4, -0.2) is 137 Å². The molecule has 2 saturated heterocycles. The number of aromatic nitrogens is 1. The third-order valence-corrected chi connectivity index (χ3v) is 13.4. The molecule has 20 heteroatoms. The maximum atomic E-state index is 15.1. The molecule has 0 unspecified atom stereocenters. The number of nitrogens with zero attached hydrogens (tertiary/aromatic N) is 4. The van der Waals surface area contributed by atoms with E-state index in [9.17, 15) is 24.0 Å². The van der Waals surface area contributed by atoms with Crippen molar-refractivity contribution >= 4 is 58.3 Å². The van der Waals surface area contributed by atoms with Gasteiger partial charge in [-0.1, -0.05) is 72.8 Å². The number of guanidine groups is 2. The van der Waals surface area contributed by atoms with Crippen LogP contribution in [0.25, 0.3) is 10.9 Å². The standard InChI is InChI=1S/C50H64N14O6/c51-34-26-42-48(70)63-28-32-14-5-4-13-31(32)25-41(63)46(68)59-37(17-8-20-55-50-56-21-10-22-57-50)43(65)61-39(23-30-11-2-1-3-12-30)44(66)62-40(24-33-27-58-36-16-7-6-15-35(33)36)45(67)60-38(47(69)64(42)29-34)18-9-19-54-49(52)53/h1-7,11-16,27,34,37-42,58H,8-10,17-26,28-29,51H2,(H,59,68)(H,60,67)(H,61,65)(H,62,66)(H4,52,53,54)(H2,55,56,57)/t34-,37+,38+,39-,40+,41+,42-/m1/s1. The Balaban J connectivity index is 1.18. The summed E-state index contributed by atoms with van der Waals surface area (Å²) < 4.78 is 0. The Bertz CT molecular complexity index is 2600. The van der Waals surface area contributed by atoms with Crippen LogP contribution in [0, 0.1) is 0 Å². The van der Waals surface area contributed by atoms with E-state index in [1.807, 2.05) is 78.9 Å². The van der Waals surface area contributed by atoms with Gasteiger partial charge >= 0.3 is 0 Å². The fraction of sp³-hybridized carbons (Fsp3) is 0.440. The molecule has 6 amide bonds. The number of hydrogen-bond acceptors (Lipinski definition) is 11. The van der Waals surface area contributed by atoms with Crippen molar-refractivity contribution in [1.82, 2.24) is 46.7 Å². The Morgan fingerprint density at radius 2 is 1.39 bits per heavy atom. The lowest BCUT2D eigenvalue weighted by atomic mass is 9.92. The van der Waals surface area contributed by atoms with Gasteiger partial charge < -0.3 is 63.9 Å². The highest BCUT2D eigenvalue weighted by Gasteiger charge is 2.46. The number of amides is 6. The molecule has 13 N–H and O–H groups in total. The monoisotopic (exact) mass is 957 g/mol. The van der Waals surface area contributed by atoms with Gasteiger partial charge in [0.15, 0.2) is 11.9 Å². The van der Waals surface area contributed by atoms with Crippen LogP contribution >= 0.6 is 0 Å². The summed E-state index contributed by atoms with van der Waals surface area (Å²) in [6.07, 6.45) is 3.88. The third-order valence-electron chi connectivity index (χ3n) is 13.4. The number of rotatable bonds is 12. The molecule has 4 aliphatic heterocycles. The van der Waals surface area contributed by atoms with Gasteiger partial charge in [-0.3, -0.25) is 38.8 Å². The summed E-state index contributed by atoms with van der Waals surface area (Å²) in [4.78, 5) is 104. The summed E-state index contributed by atoms with van der Waals surface area (Å²) in [5.41, 5.74) is 21.8. The number of carbonyl (C=O) groups is 6. The first-order valence-electron chi connectivity index (χ1n) is 24.2. The number of para-hydroxylation sites is 1. The number of hydrogen-bond donors (Lipinski definition) is 10. The largest absolute Gasteiger partial charge is 0.370 e. The lowest BCUT2D eigenvalue weighted by molar-refractivity contribution is -0.150. The minimum atomic E-state index is -1.26. The SMILES string of the molecule is NC(N)=NCCC[C@@H]1NC(=O)[C@H](Cc2c[nH]c3ccccc23)NC(=O)[C@@H](Cc2ccccc2)NC(=O)[C@H](CCCNC2=NCCCN2)NC(=O)[C@@H]2Cc3ccccc3CN2C(=O)[C@H]2C[C@@H](N)CN2C1=O. The first-order valence-corrected chi connectivity index (χ1v) is 24.2. The number of H-pyrrole nitrogens is 1. The fourth-order valence-corrected chi connectivity index (χ4v) is 9.79. The second-order valence-electron chi connectivity index (χ2n) is 18.5. The van der Waals surface area contributed by atoms with Gasteiger partial charge in [-0.25, -0.2) is 0 Å². The first kappa shape index (κ1) is 49.0. The van der Waals surface area contributed by atoms with Gasteiger partial charge in [-0.2, -0.15) is 0 Å². The third kappa shape index (κ3) is 12.0. The normalized spacial score (nSPS) is 24.6. The van der Waals surface area contributed by atoms with E-state index < -0.39 is 77.7 Å². The van der Waals surface area contributed by atoms with Crippen LogP contribution in [0.4, 0.5) is 0 Å². The summed E-state index contributed by atoms with van der Waals surface area (Å²) in [6, 6.07) is 16.6. The molecule has 70 heavy (non-hydrogen) atoms. The number of aromatic amines is 1. The van der Waals surface area contributed by atoms with E-state index >= 15 is 4.79 Å². The average molecular weight is 957 g/mol. The quantitative estimate of drug-likeness (QED) is 0.0494. The Morgan fingerprint density at radius 1 is 0.714 bits per heavy atom. The molecule has 0 radical (unpaired) electrons. The molecule has 0 bridgehead atoms. The van der Waals surface area contributed by atoms with E-state index in [1.165, 1.54) is 9.80 Å². The van der Waals surface area contributed by atoms with Crippen molar-refractivity contribution in [2.45, 2.75) is 107 Å². The Morgan fingerprint density at radius 3 is 2.14 bits per heavy atom. The number of benzene rings is 3. The van der Waals surface area contributed by atoms with E-state index in [0.29, 0.717) is 25.5 Å². The van der Waals surface area contributed by atoms with Crippen LogP contribution in [0.2, 0.25) is 0 Å². The second kappa shape index (κ2) is 22.8. The molecule has 20 nitrogen and oxygen atoms in total. The average Bonchev–Trinajstić information content (AvgIpc) is 3.97. The predicted octanol–water partition coefficient (Wildman–Crippen LogP) is -0.440. The van der Waals surface area contributed by atoms with Crippen LogP contribution < -0.4 is 49.1 Å². The molecule has 5 heterocycles. The highest BCUT2D eigenvalue weighted by molar-refractivity contribution is 5.99. The van der Waals surface area contributed by atoms with E-state index in [1.54, 1.807) is 6.20 Å². The number of aliphatic imine (C=N–C) groups is 2. The molecule has 3 aromatic carbocycles. The predicted molar refractivity (Wildman–Crippen MR) is 265 cm³/mol. The summed E-state index contributed by atoms with van der Waals surface area (Å²) in [6.45, 7) is 2.10. The Kier molecular flexibility index (Phi) is 15.9. The van der Waals surface area contributed by atoms with Crippen LogP contribution in [0.1, 0.15) is 60.8 Å². The van der Waals surface area contributed by atoms with Crippen LogP contribution in [-0.2, 0) is 54.6 Å². The molecule has 2 fully saturated rings. The van der Waals surface area contributed by atoms with Crippen molar-refractivity contribution < 1.29 is 28.8 Å². The van der Waals surface area contributed by atoms with Crippen molar-refractivity contribution in [3.05, 3.63) is 107 Å². The minimum absolute atomic E-state index is 0.00184. The topological polar surface area (TPSA) is 300 Å². The summed E-state index contributed by atoms with van der Waals surface area (Å²) in [5.74, 6) is -3.04. The number of fused-ring (bicyclic) bond motifs is 4. The zero-order valence-electron chi connectivity index (χ0n) is 39.2. The summed E-state index contributed by atoms with van der Waals surface area (Å²) in [7, 11) is 0. The lowest BCUT2D eigenvalue weighted by Crippen LogP contribution is -2.63. The van der Waals surface area contributed by atoms with Crippen molar-refractivity contribution in [2.75, 3.05) is 32.7 Å². The highest BCUT2D eigenvalue weighted by atomic mass is 16.2. The Hall–Kier alpha value is -7.48. The molecule has 8 rings (SSSR count). The molecule has 4 aliphatic rings. The van der Waals surface area contributed by atoms with Crippen LogP contribution in [0.3, 0.4) is 0 Å². The van der Waals surface area contributed by atoms with Gasteiger partial charge in [0.05, 0.1) is 0 Å². The zero-order chi connectivity index (χ0) is 49.1. The van der Waals surface area contributed by atoms with Crippen molar-refractivity contribution in [3.63, 3.8) is 0 Å². The molecule has 0 aliphatic carbocycles. The minimum Gasteiger partial charge on any atom is -0.370 e. The van der Waals surface area contributed by atoms with Gasteiger partial charge in [-0.15, -0.1) is 0 Å². The molecule has 370 valence electrons. The second-order valence-corrected chi connectivity index (χ2v) is 18.5. The van der Waals surface area contributed by atoms with Crippen molar-refractivity contribution in [1.29, 1.82) is 0 Å². The summed E-state index contributed by atoms with van der Waals surface area (Å²) >= 11 is 0. The summed E-state index contributed by atoms with van der Waals surface area (Å²) in [5, 5.41) is 19.1. The molecular weight excluding hydrogens is 893 g/mol. The Labute approximate surface area is 406 Å². The van der Waals surface area contributed by atoms with Gasteiger partial charge in [0.25, 0.3) is 0 Å². The van der Waals surface area contributed by atoms with Gasteiger partial charge in [-0.05, 0) is 66.8 Å². The van der Waals surface area contributed by atoms with Crippen LogP contribution in [0.5, 0.6) is 0 Å². The van der Waals surface area contributed by atoms with E-state index in [4.69, 9.17) is 17.2 Å². The molecule has 0 saturated carbocycles. The maximum absolute atomic E-state index is 15.1. The molecule has 7 atom stereocenters.